The summed E-state index contributed by atoms with van der Waals surface area (Å²) in [5.74, 6) is 0. The summed E-state index contributed by atoms with van der Waals surface area (Å²) in [5.41, 5.74) is 0. The highest BCUT2D eigenvalue weighted by molar-refractivity contribution is 7.26. The largest absolute Gasteiger partial charge is 0.269 e. The first-order valence-corrected chi connectivity index (χ1v) is 3.36. The zero-order valence-corrected chi connectivity index (χ0v) is 4.62. The van der Waals surface area contributed by atoms with Gasteiger partial charge in [-0.15, -0.1) is 0 Å². The summed E-state index contributed by atoms with van der Waals surface area (Å²) in [7, 11) is 1.32. The van der Waals surface area contributed by atoms with Crippen LogP contribution < -0.4 is 0 Å². The molecule has 0 unspecified atom stereocenters. The zero-order chi connectivity index (χ0) is 4.24. The lowest BCUT2D eigenvalue weighted by molar-refractivity contribution is 0.801. The Morgan fingerprint density at radius 3 is 2.50 bits per heavy atom. The van der Waals surface area contributed by atoms with Gasteiger partial charge in [0.05, 0.1) is 0 Å². The molecule has 0 aromatic heterocycles. The van der Waals surface area contributed by atoms with Crippen molar-refractivity contribution in [3.8, 4) is 0 Å². The molecule has 1 aliphatic rings. The van der Waals surface area contributed by atoms with Gasteiger partial charge < -0.3 is 0 Å². The van der Waals surface area contributed by atoms with Gasteiger partial charge in [-0.2, -0.15) is 0 Å². The second-order valence-corrected chi connectivity index (χ2v) is 2.45. The summed E-state index contributed by atoms with van der Waals surface area (Å²) in [5, 5.41) is 0. The number of nitrogens with zero attached hydrogens (tertiary/aromatic N) is 1. The quantitative estimate of drug-likeness (QED) is 0.413. The molecule has 1 heterocycles. The van der Waals surface area contributed by atoms with Crippen molar-refractivity contribution < 1.29 is 0 Å². The standard InChI is InChI=1S/C4H8NP/c1-2-4-6-5-3-1/h1-4H2. The summed E-state index contributed by atoms with van der Waals surface area (Å²) >= 11 is 0. The molecular weight excluding hydrogens is 93.0 g/mol. The smallest absolute Gasteiger partial charge is 0.0433 e. The molecule has 0 saturated heterocycles. The summed E-state index contributed by atoms with van der Waals surface area (Å²) in [6, 6.07) is 0. The highest BCUT2D eigenvalue weighted by Crippen LogP contribution is 2.10. The van der Waals surface area contributed by atoms with Crippen molar-refractivity contribution in [3.05, 3.63) is 0 Å². The van der Waals surface area contributed by atoms with Crippen LogP contribution in [0.4, 0.5) is 0 Å². The molecule has 0 aromatic rings. The van der Waals surface area contributed by atoms with E-state index in [1.54, 1.807) is 0 Å². The fraction of sp³-hybridized carbons (Fsp3) is 1.00. The van der Waals surface area contributed by atoms with E-state index in [0.717, 1.165) is 6.54 Å². The van der Waals surface area contributed by atoms with Gasteiger partial charge in [0.25, 0.3) is 0 Å². The SMILES string of the molecule is C1CCP=NC1. The van der Waals surface area contributed by atoms with Gasteiger partial charge in [0.1, 0.15) is 0 Å². The summed E-state index contributed by atoms with van der Waals surface area (Å²) in [6.45, 7) is 1.11. The molecule has 0 spiro atoms. The Bertz CT molecular complexity index is 52.6. The third-order valence-corrected chi connectivity index (χ3v) is 1.78. The fourth-order valence-corrected chi connectivity index (χ4v) is 1.30. The van der Waals surface area contributed by atoms with E-state index in [-0.39, 0.29) is 0 Å². The van der Waals surface area contributed by atoms with E-state index in [2.05, 4.69) is 4.74 Å². The average molecular weight is 101 g/mol. The zero-order valence-electron chi connectivity index (χ0n) is 3.72. The monoisotopic (exact) mass is 101 g/mol. The Labute approximate surface area is 39.6 Å². The molecule has 0 saturated carbocycles. The van der Waals surface area contributed by atoms with Crippen molar-refractivity contribution in [2.45, 2.75) is 12.8 Å². The van der Waals surface area contributed by atoms with Crippen LogP contribution in [0.3, 0.4) is 0 Å². The molecule has 0 amide bonds. The first kappa shape index (κ1) is 4.26. The van der Waals surface area contributed by atoms with Gasteiger partial charge in [0.15, 0.2) is 0 Å². The molecule has 0 radical (unpaired) electrons. The van der Waals surface area contributed by atoms with Crippen molar-refractivity contribution in [2.75, 3.05) is 12.7 Å². The van der Waals surface area contributed by atoms with Gasteiger partial charge in [-0.3, -0.25) is 4.74 Å². The van der Waals surface area contributed by atoms with Gasteiger partial charge in [0, 0.05) is 21.1 Å². The Kier molecular flexibility index (Phi) is 1.64. The van der Waals surface area contributed by atoms with Gasteiger partial charge in [-0.25, -0.2) is 0 Å². The lowest BCUT2D eigenvalue weighted by Crippen LogP contribution is -1.84. The van der Waals surface area contributed by atoms with Crippen molar-refractivity contribution in [2.24, 2.45) is 4.74 Å². The second kappa shape index (κ2) is 2.30. The van der Waals surface area contributed by atoms with Crippen LogP contribution in [-0.2, 0) is 0 Å². The van der Waals surface area contributed by atoms with Gasteiger partial charge in [-0.05, 0) is 12.8 Å². The molecule has 0 aliphatic carbocycles. The minimum Gasteiger partial charge on any atom is -0.269 e. The van der Waals surface area contributed by atoms with Crippen LogP contribution in [0.5, 0.6) is 0 Å². The average Bonchev–Trinajstić information content (AvgIpc) is 1.72. The highest BCUT2D eigenvalue weighted by atomic mass is 31.1. The molecule has 0 aromatic carbocycles. The summed E-state index contributed by atoms with van der Waals surface area (Å²) in [4.78, 5) is 0. The maximum absolute atomic E-state index is 4.15. The first-order chi connectivity index (χ1) is 3.00. The van der Waals surface area contributed by atoms with E-state index >= 15 is 0 Å². The topological polar surface area (TPSA) is 12.4 Å². The molecule has 1 rings (SSSR count). The number of rotatable bonds is 0. The molecule has 1 nitrogen and oxygen atoms in total. The first-order valence-electron chi connectivity index (χ1n) is 2.33. The third-order valence-electron chi connectivity index (χ3n) is 0.866. The van der Waals surface area contributed by atoms with Crippen LogP contribution in [0.15, 0.2) is 4.74 Å². The predicted octanol–water partition coefficient (Wildman–Crippen LogP) is 1.91. The Balaban J connectivity index is 2.26. The van der Waals surface area contributed by atoms with Crippen molar-refractivity contribution in [1.29, 1.82) is 0 Å². The molecule has 0 bridgehead atoms. The van der Waals surface area contributed by atoms with Crippen LogP contribution in [0, 0.1) is 0 Å². The van der Waals surface area contributed by atoms with E-state index in [0.29, 0.717) is 0 Å². The maximum atomic E-state index is 4.15. The maximum Gasteiger partial charge on any atom is 0.0433 e. The molecular formula is C4H8NP. The Hall–Kier alpha value is 0.100. The molecule has 34 valence electrons. The Morgan fingerprint density at radius 1 is 1.33 bits per heavy atom. The fourth-order valence-electron chi connectivity index (χ4n) is 0.506. The molecule has 2 heteroatoms. The highest BCUT2D eigenvalue weighted by Gasteiger charge is 1.88. The van der Waals surface area contributed by atoms with Crippen LogP contribution in [0.1, 0.15) is 12.8 Å². The third kappa shape index (κ3) is 1.06. The molecule has 6 heavy (non-hydrogen) atoms. The van der Waals surface area contributed by atoms with E-state index in [9.17, 15) is 0 Å². The van der Waals surface area contributed by atoms with Gasteiger partial charge in [0.2, 0.25) is 0 Å². The summed E-state index contributed by atoms with van der Waals surface area (Å²) < 4.78 is 4.15. The number of hydrogen-bond donors (Lipinski definition) is 0. The van der Waals surface area contributed by atoms with Gasteiger partial charge in [-0.1, -0.05) is 0 Å². The minimum atomic E-state index is 1.11. The van der Waals surface area contributed by atoms with Crippen molar-refractivity contribution >= 4 is 8.37 Å². The van der Waals surface area contributed by atoms with E-state index < -0.39 is 0 Å². The van der Waals surface area contributed by atoms with Crippen molar-refractivity contribution in [1.82, 2.24) is 0 Å². The Morgan fingerprint density at radius 2 is 2.33 bits per heavy atom. The van der Waals surface area contributed by atoms with E-state index in [1.807, 2.05) is 0 Å². The van der Waals surface area contributed by atoms with E-state index in [1.165, 1.54) is 27.4 Å². The normalized spacial score (nSPS) is 24.0. The molecule has 0 N–H and O–H groups in total. The lowest BCUT2D eigenvalue weighted by atomic mass is 10.3. The number of hydrogen-bond acceptors (Lipinski definition) is 1. The van der Waals surface area contributed by atoms with E-state index in [4.69, 9.17) is 0 Å². The molecule has 1 aliphatic heterocycles. The minimum absolute atomic E-state index is 1.11. The van der Waals surface area contributed by atoms with Crippen LogP contribution in [0.2, 0.25) is 0 Å². The molecule has 0 atom stereocenters. The van der Waals surface area contributed by atoms with Crippen LogP contribution >= 0.6 is 8.37 Å². The van der Waals surface area contributed by atoms with Gasteiger partial charge >= 0.3 is 0 Å². The predicted molar refractivity (Wildman–Crippen MR) is 28.3 cm³/mol. The second-order valence-electron chi connectivity index (χ2n) is 1.44. The molecule has 0 fully saturated rings. The van der Waals surface area contributed by atoms with Crippen LogP contribution in [-0.4, -0.2) is 12.7 Å². The van der Waals surface area contributed by atoms with Crippen molar-refractivity contribution in [3.63, 3.8) is 0 Å². The van der Waals surface area contributed by atoms with Crippen LogP contribution in [0.25, 0.3) is 0 Å². The summed E-state index contributed by atoms with van der Waals surface area (Å²) in [6.07, 6.45) is 4.03. The lowest BCUT2D eigenvalue weighted by Gasteiger charge is -1.96.